The molecule has 2 fully saturated rings. The molecular formula is C16H33N3. The maximum absolute atomic E-state index is 6.22. The molecule has 0 aromatic carbocycles. The first-order valence-corrected chi connectivity index (χ1v) is 8.32. The van der Waals surface area contributed by atoms with Crippen molar-refractivity contribution in [2.75, 3.05) is 32.7 Å². The number of piperidine rings is 2. The smallest absolute Gasteiger partial charge is 0.0120 e. The van der Waals surface area contributed by atoms with Crippen molar-refractivity contribution < 1.29 is 0 Å². The topological polar surface area (TPSA) is 32.5 Å². The Morgan fingerprint density at radius 3 is 2.37 bits per heavy atom. The molecule has 0 amide bonds. The molecule has 2 rings (SSSR count). The van der Waals surface area contributed by atoms with Crippen LogP contribution in [0, 0.1) is 11.8 Å². The molecule has 0 aromatic heterocycles. The number of nitrogens with zero attached hydrogens (tertiary/aromatic N) is 2. The van der Waals surface area contributed by atoms with Crippen molar-refractivity contribution in [1.29, 1.82) is 0 Å². The SMILES string of the molecule is CCC1CN(C2CCN(CC(C)C)CC2)CCC1N. The quantitative estimate of drug-likeness (QED) is 0.847. The molecule has 2 aliphatic rings. The molecule has 2 unspecified atom stereocenters. The lowest BCUT2D eigenvalue weighted by atomic mass is 9.88. The van der Waals surface area contributed by atoms with Gasteiger partial charge in [-0.05, 0) is 50.7 Å². The van der Waals surface area contributed by atoms with Crippen LogP contribution in [0.4, 0.5) is 0 Å². The van der Waals surface area contributed by atoms with Gasteiger partial charge >= 0.3 is 0 Å². The number of nitrogens with two attached hydrogens (primary N) is 1. The average molecular weight is 267 g/mol. The Hall–Kier alpha value is -0.120. The third-order valence-electron chi connectivity index (χ3n) is 5.05. The van der Waals surface area contributed by atoms with Gasteiger partial charge in [0.2, 0.25) is 0 Å². The van der Waals surface area contributed by atoms with Crippen LogP contribution < -0.4 is 5.73 Å². The largest absolute Gasteiger partial charge is 0.327 e. The fourth-order valence-electron chi connectivity index (χ4n) is 3.83. The van der Waals surface area contributed by atoms with Gasteiger partial charge in [0.15, 0.2) is 0 Å². The molecule has 0 aliphatic carbocycles. The lowest BCUT2D eigenvalue weighted by molar-refractivity contribution is 0.0597. The molecule has 0 aromatic rings. The zero-order valence-corrected chi connectivity index (χ0v) is 13.1. The van der Waals surface area contributed by atoms with Crippen LogP contribution in [-0.4, -0.2) is 54.6 Å². The normalized spacial score (nSPS) is 32.1. The summed E-state index contributed by atoms with van der Waals surface area (Å²) >= 11 is 0. The van der Waals surface area contributed by atoms with Gasteiger partial charge in [-0.3, -0.25) is 4.90 Å². The standard InChI is InChI=1S/C16H33N3/c1-4-14-12-19(10-7-16(14)17)15-5-8-18(9-6-15)11-13(2)3/h13-16H,4-12,17H2,1-3H3. The molecule has 0 bridgehead atoms. The van der Waals surface area contributed by atoms with Gasteiger partial charge in [-0.2, -0.15) is 0 Å². The van der Waals surface area contributed by atoms with Crippen molar-refractivity contribution in [1.82, 2.24) is 9.80 Å². The molecule has 3 heteroatoms. The Balaban J connectivity index is 1.78. The van der Waals surface area contributed by atoms with E-state index in [1.54, 1.807) is 0 Å². The first-order valence-electron chi connectivity index (χ1n) is 8.32. The van der Waals surface area contributed by atoms with Crippen molar-refractivity contribution in [3.63, 3.8) is 0 Å². The lowest BCUT2D eigenvalue weighted by Crippen LogP contribution is -2.53. The van der Waals surface area contributed by atoms with Gasteiger partial charge in [0, 0.05) is 25.2 Å². The Labute approximate surface area is 119 Å². The van der Waals surface area contributed by atoms with Crippen LogP contribution >= 0.6 is 0 Å². The van der Waals surface area contributed by atoms with Gasteiger partial charge in [0.25, 0.3) is 0 Å². The molecule has 112 valence electrons. The van der Waals surface area contributed by atoms with Gasteiger partial charge in [0.05, 0.1) is 0 Å². The highest BCUT2D eigenvalue weighted by atomic mass is 15.2. The zero-order valence-electron chi connectivity index (χ0n) is 13.1. The summed E-state index contributed by atoms with van der Waals surface area (Å²) in [4.78, 5) is 5.39. The third-order valence-corrected chi connectivity index (χ3v) is 5.05. The van der Waals surface area contributed by atoms with E-state index in [2.05, 4.69) is 30.6 Å². The van der Waals surface area contributed by atoms with E-state index in [-0.39, 0.29) is 0 Å². The first kappa shape index (κ1) is 15.3. The highest BCUT2D eigenvalue weighted by molar-refractivity contribution is 4.88. The minimum Gasteiger partial charge on any atom is -0.327 e. The Kier molecular flexibility index (Phi) is 5.67. The maximum atomic E-state index is 6.22. The Bertz CT molecular complexity index is 259. The van der Waals surface area contributed by atoms with Crippen LogP contribution in [0.3, 0.4) is 0 Å². The van der Waals surface area contributed by atoms with Crippen LogP contribution in [0.2, 0.25) is 0 Å². The van der Waals surface area contributed by atoms with Crippen LogP contribution in [0.1, 0.15) is 46.5 Å². The highest BCUT2D eigenvalue weighted by Crippen LogP contribution is 2.25. The van der Waals surface area contributed by atoms with E-state index < -0.39 is 0 Å². The van der Waals surface area contributed by atoms with Crippen molar-refractivity contribution >= 4 is 0 Å². The van der Waals surface area contributed by atoms with Gasteiger partial charge < -0.3 is 10.6 Å². The Morgan fingerprint density at radius 2 is 1.79 bits per heavy atom. The second-order valence-corrected chi connectivity index (χ2v) is 7.04. The second kappa shape index (κ2) is 7.05. The van der Waals surface area contributed by atoms with E-state index in [4.69, 9.17) is 5.73 Å². The molecule has 2 heterocycles. The molecule has 19 heavy (non-hydrogen) atoms. The molecule has 2 atom stereocenters. The first-order chi connectivity index (χ1) is 9.10. The lowest BCUT2D eigenvalue weighted by Gasteiger charge is -2.44. The zero-order chi connectivity index (χ0) is 13.8. The predicted octanol–water partition coefficient (Wildman–Crippen LogP) is 2.17. The number of hydrogen-bond acceptors (Lipinski definition) is 3. The molecule has 0 saturated carbocycles. The molecule has 0 spiro atoms. The van der Waals surface area contributed by atoms with E-state index in [0.29, 0.717) is 6.04 Å². The summed E-state index contributed by atoms with van der Waals surface area (Å²) in [6, 6.07) is 1.27. The van der Waals surface area contributed by atoms with Gasteiger partial charge in [-0.15, -0.1) is 0 Å². The maximum Gasteiger partial charge on any atom is 0.0120 e. The van der Waals surface area contributed by atoms with Crippen LogP contribution in [0.15, 0.2) is 0 Å². The fraction of sp³-hybridized carbons (Fsp3) is 1.00. The minimum absolute atomic E-state index is 0.447. The molecule has 2 saturated heterocycles. The number of likely N-dealkylation sites (tertiary alicyclic amines) is 2. The summed E-state index contributed by atoms with van der Waals surface area (Å²) in [6.07, 6.45) is 5.16. The summed E-state index contributed by atoms with van der Waals surface area (Å²) in [5.41, 5.74) is 6.22. The van der Waals surface area contributed by atoms with Crippen molar-refractivity contribution in [2.45, 2.75) is 58.5 Å². The highest BCUT2D eigenvalue weighted by Gasteiger charge is 2.31. The summed E-state index contributed by atoms with van der Waals surface area (Å²) in [7, 11) is 0. The molecule has 2 aliphatic heterocycles. The van der Waals surface area contributed by atoms with E-state index in [1.165, 1.54) is 58.4 Å². The second-order valence-electron chi connectivity index (χ2n) is 7.04. The van der Waals surface area contributed by atoms with E-state index in [0.717, 1.165) is 17.9 Å². The number of hydrogen-bond donors (Lipinski definition) is 1. The van der Waals surface area contributed by atoms with Gasteiger partial charge in [0.1, 0.15) is 0 Å². The predicted molar refractivity (Wildman–Crippen MR) is 82.2 cm³/mol. The van der Waals surface area contributed by atoms with Crippen LogP contribution in [-0.2, 0) is 0 Å². The molecule has 2 N–H and O–H groups in total. The third kappa shape index (κ3) is 4.17. The van der Waals surface area contributed by atoms with Crippen LogP contribution in [0.5, 0.6) is 0 Å². The average Bonchev–Trinajstić information content (AvgIpc) is 2.40. The Morgan fingerprint density at radius 1 is 1.11 bits per heavy atom. The van der Waals surface area contributed by atoms with Crippen molar-refractivity contribution in [3.8, 4) is 0 Å². The minimum atomic E-state index is 0.447. The summed E-state index contributed by atoms with van der Waals surface area (Å²) in [5.74, 6) is 1.52. The summed E-state index contributed by atoms with van der Waals surface area (Å²) in [6.45, 7) is 13.3. The van der Waals surface area contributed by atoms with Crippen LogP contribution in [0.25, 0.3) is 0 Å². The molecular weight excluding hydrogens is 234 g/mol. The van der Waals surface area contributed by atoms with E-state index in [9.17, 15) is 0 Å². The van der Waals surface area contributed by atoms with Crippen molar-refractivity contribution in [3.05, 3.63) is 0 Å². The summed E-state index contributed by atoms with van der Waals surface area (Å²) < 4.78 is 0. The molecule has 3 nitrogen and oxygen atoms in total. The number of rotatable bonds is 4. The van der Waals surface area contributed by atoms with Gasteiger partial charge in [-0.25, -0.2) is 0 Å². The fourth-order valence-corrected chi connectivity index (χ4v) is 3.83. The van der Waals surface area contributed by atoms with E-state index >= 15 is 0 Å². The monoisotopic (exact) mass is 267 g/mol. The molecule has 0 radical (unpaired) electrons. The van der Waals surface area contributed by atoms with Gasteiger partial charge in [-0.1, -0.05) is 27.2 Å². The van der Waals surface area contributed by atoms with E-state index in [1.807, 2.05) is 0 Å². The van der Waals surface area contributed by atoms with Crippen molar-refractivity contribution in [2.24, 2.45) is 17.6 Å². The summed E-state index contributed by atoms with van der Waals surface area (Å²) in [5, 5.41) is 0.